The largest absolute Gasteiger partial charge is 0.387 e. The number of hydrogen-bond acceptors (Lipinski definition) is 4. The second-order valence-corrected chi connectivity index (χ2v) is 5.92. The van der Waals surface area contributed by atoms with Crippen LogP contribution in [0, 0.1) is 5.92 Å². The van der Waals surface area contributed by atoms with Gasteiger partial charge in [0.1, 0.15) is 5.65 Å². The average molecular weight is 273 g/mol. The van der Waals surface area contributed by atoms with E-state index in [0.717, 1.165) is 5.69 Å². The molecule has 0 radical (unpaired) electrons. The lowest BCUT2D eigenvalue weighted by molar-refractivity contribution is -0.131. The van der Waals surface area contributed by atoms with Crippen molar-refractivity contribution in [2.75, 3.05) is 13.1 Å². The Kier molecular flexibility index (Phi) is 3.11. The molecule has 0 amide bonds. The highest BCUT2D eigenvalue weighted by Gasteiger charge is 2.43. The molecule has 106 valence electrons. The smallest absolute Gasteiger partial charge is 0.258 e. The molecule has 5 nitrogen and oxygen atoms in total. The van der Waals surface area contributed by atoms with Crippen molar-refractivity contribution >= 4 is 5.65 Å². The standard InChI is InChI=1S/C15H19N3O2/c1-11(2)15(20)9-17(10-15)8-12-7-14(19)18-6-4-3-5-13(18)16-12/h3-7,11,20H,8-10H2,1-2H3. The molecule has 20 heavy (non-hydrogen) atoms. The molecule has 0 aromatic carbocycles. The Balaban J connectivity index is 1.78. The van der Waals surface area contributed by atoms with Crippen LogP contribution in [0.4, 0.5) is 0 Å². The predicted octanol–water partition coefficient (Wildman–Crippen LogP) is 0.897. The minimum absolute atomic E-state index is 0.0646. The Morgan fingerprint density at radius 2 is 2.15 bits per heavy atom. The van der Waals surface area contributed by atoms with Gasteiger partial charge in [-0.25, -0.2) is 4.98 Å². The van der Waals surface area contributed by atoms with Crippen LogP contribution in [-0.2, 0) is 6.54 Å². The quantitative estimate of drug-likeness (QED) is 0.902. The zero-order valence-electron chi connectivity index (χ0n) is 11.8. The molecule has 1 aliphatic rings. The molecule has 0 spiro atoms. The summed E-state index contributed by atoms with van der Waals surface area (Å²) < 4.78 is 1.53. The van der Waals surface area contributed by atoms with Gasteiger partial charge >= 0.3 is 0 Å². The van der Waals surface area contributed by atoms with E-state index in [2.05, 4.69) is 9.88 Å². The van der Waals surface area contributed by atoms with Crippen LogP contribution in [0.5, 0.6) is 0 Å². The summed E-state index contributed by atoms with van der Waals surface area (Å²) in [4.78, 5) is 18.6. The summed E-state index contributed by atoms with van der Waals surface area (Å²) in [5.74, 6) is 0.244. The average Bonchev–Trinajstić information content (AvgIpc) is 2.36. The molecule has 3 rings (SSSR count). The summed E-state index contributed by atoms with van der Waals surface area (Å²) in [6.07, 6.45) is 1.72. The second-order valence-electron chi connectivity index (χ2n) is 5.92. The molecular weight excluding hydrogens is 254 g/mol. The minimum atomic E-state index is -0.591. The molecule has 5 heteroatoms. The summed E-state index contributed by atoms with van der Waals surface area (Å²) >= 11 is 0. The molecule has 0 unspecified atom stereocenters. The fourth-order valence-corrected chi connectivity index (χ4v) is 2.62. The molecule has 1 N–H and O–H groups in total. The normalized spacial score (nSPS) is 18.4. The number of likely N-dealkylation sites (tertiary alicyclic amines) is 1. The minimum Gasteiger partial charge on any atom is -0.387 e. The van der Waals surface area contributed by atoms with Crippen molar-refractivity contribution in [1.29, 1.82) is 0 Å². The molecule has 1 fully saturated rings. The number of aromatic nitrogens is 2. The summed E-state index contributed by atoms with van der Waals surface area (Å²) in [6.45, 7) is 5.94. The number of β-amino-alcohol motifs (C(OH)–C–C–N with tert-alkyl or cyclic N) is 1. The van der Waals surface area contributed by atoms with Crippen molar-refractivity contribution in [2.45, 2.75) is 26.0 Å². The highest BCUT2D eigenvalue weighted by atomic mass is 16.3. The van der Waals surface area contributed by atoms with Gasteiger partial charge in [0.05, 0.1) is 11.3 Å². The first-order valence-corrected chi connectivity index (χ1v) is 6.90. The van der Waals surface area contributed by atoms with Gasteiger partial charge in [-0.15, -0.1) is 0 Å². The first kappa shape index (κ1) is 13.3. The van der Waals surface area contributed by atoms with E-state index in [1.165, 1.54) is 4.40 Å². The van der Waals surface area contributed by atoms with E-state index >= 15 is 0 Å². The Bertz CT molecular complexity index is 687. The molecule has 0 aliphatic carbocycles. The van der Waals surface area contributed by atoms with Gasteiger partial charge in [-0.2, -0.15) is 0 Å². The topological polar surface area (TPSA) is 57.8 Å². The molecule has 1 aliphatic heterocycles. The Hall–Kier alpha value is -1.72. The lowest BCUT2D eigenvalue weighted by Crippen LogP contribution is -2.63. The van der Waals surface area contributed by atoms with Crippen LogP contribution >= 0.6 is 0 Å². The molecule has 0 bridgehead atoms. The van der Waals surface area contributed by atoms with Gasteiger partial charge in [0.15, 0.2) is 0 Å². The summed E-state index contributed by atoms with van der Waals surface area (Å²) in [7, 11) is 0. The van der Waals surface area contributed by atoms with Gasteiger partial charge in [-0.05, 0) is 18.1 Å². The first-order chi connectivity index (χ1) is 9.48. The summed E-state index contributed by atoms with van der Waals surface area (Å²) in [5.41, 5.74) is 0.762. The molecule has 0 saturated carbocycles. The number of nitrogens with zero attached hydrogens (tertiary/aromatic N) is 3. The Morgan fingerprint density at radius 1 is 1.40 bits per heavy atom. The van der Waals surface area contributed by atoms with Crippen LogP contribution in [0.3, 0.4) is 0 Å². The molecule has 3 heterocycles. The zero-order chi connectivity index (χ0) is 14.3. The van der Waals surface area contributed by atoms with Crippen LogP contribution in [0.2, 0.25) is 0 Å². The van der Waals surface area contributed by atoms with E-state index in [1.807, 2.05) is 32.0 Å². The first-order valence-electron chi connectivity index (χ1n) is 6.90. The fourth-order valence-electron chi connectivity index (χ4n) is 2.62. The molecular formula is C15H19N3O2. The van der Waals surface area contributed by atoms with E-state index in [4.69, 9.17) is 0 Å². The molecule has 0 atom stereocenters. The van der Waals surface area contributed by atoms with Crippen molar-refractivity contribution in [3.05, 3.63) is 46.5 Å². The highest BCUT2D eigenvalue weighted by Crippen LogP contribution is 2.29. The van der Waals surface area contributed by atoms with Gasteiger partial charge < -0.3 is 5.11 Å². The lowest BCUT2D eigenvalue weighted by atomic mass is 9.83. The van der Waals surface area contributed by atoms with E-state index in [1.54, 1.807) is 12.3 Å². The Labute approximate surface area is 117 Å². The monoisotopic (exact) mass is 273 g/mol. The Morgan fingerprint density at radius 3 is 2.85 bits per heavy atom. The van der Waals surface area contributed by atoms with Crippen LogP contribution in [0.25, 0.3) is 5.65 Å². The molecule has 1 saturated heterocycles. The van der Waals surface area contributed by atoms with Crippen molar-refractivity contribution in [1.82, 2.24) is 14.3 Å². The number of rotatable bonds is 3. The number of pyridine rings is 1. The lowest BCUT2D eigenvalue weighted by Gasteiger charge is -2.49. The van der Waals surface area contributed by atoms with E-state index in [9.17, 15) is 9.90 Å². The predicted molar refractivity (Wildman–Crippen MR) is 76.5 cm³/mol. The SMILES string of the molecule is CC(C)C1(O)CN(Cc2cc(=O)n3ccccc3n2)C1. The number of hydrogen-bond donors (Lipinski definition) is 1. The van der Waals surface area contributed by atoms with Crippen molar-refractivity contribution in [3.8, 4) is 0 Å². The fraction of sp³-hybridized carbons (Fsp3) is 0.467. The summed E-state index contributed by atoms with van der Waals surface area (Å²) in [5, 5.41) is 10.2. The van der Waals surface area contributed by atoms with Crippen LogP contribution in [0.15, 0.2) is 35.3 Å². The third-order valence-electron chi connectivity index (χ3n) is 4.08. The van der Waals surface area contributed by atoms with Crippen molar-refractivity contribution in [3.63, 3.8) is 0 Å². The van der Waals surface area contributed by atoms with E-state index < -0.39 is 5.60 Å². The highest BCUT2D eigenvalue weighted by molar-refractivity contribution is 5.38. The second kappa shape index (κ2) is 4.68. The van der Waals surface area contributed by atoms with E-state index in [0.29, 0.717) is 25.3 Å². The van der Waals surface area contributed by atoms with Gasteiger partial charge in [-0.1, -0.05) is 19.9 Å². The van der Waals surface area contributed by atoms with Crippen molar-refractivity contribution < 1.29 is 5.11 Å². The van der Waals surface area contributed by atoms with Crippen LogP contribution in [-0.4, -0.2) is 38.1 Å². The third-order valence-corrected chi connectivity index (χ3v) is 4.08. The molecule has 2 aromatic heterocycles. The van der Waals surface area contributed by atoms with Gasteiger partial charge in [0, 0.05) is 31.9 Å². The number of fused-ring (bicyclic) bond motifs is 1. The third kappa shape index (κ3) is 2.23. The van der Waals surface area contributed by atoms with Gasteiger partial charge in [0.2, 0.25) is 0 Å². The maximum atomic E-state index is 12.0. The van der Waals surface area contributed by atoms with Gasteiger partial charge in [0.25, 0.3) is 5.56 Å². The maximum absolute atomic E-state index is 12.0. The number of aliphatic hydroxyl groups is 1. The maximum Gasteiger partial charge on any atom is 0.258 e. The summed E-state index contributed by atoms with van der Waals surface area (Å²) in [6, 6.07) is 7.08. The van der Waals surface area contributed by atoms with Crippen molar-refractivity contribution in [2.24, 2.45) is 5.92 Å². The van der Waals surface area contributed by atoms with Crippen LogP contribution < -0.4 is 5.56 Å². The zero-order valence-corrected chi connectivity index (χ0v) is 11.8. The van der Waals surface area contributed by atoms with Gasteiger partial charge in [-0.3, -0.25) is 14.1 Å². The van der Waals surface area contributed by atoms with Crippen LogP contribution in [0.1, 0.15) is 19.5 Å². The van der Waals surface area contributed by atoms with E-state index in [-0.39, 0.29) is 11.5 Å². The molecule has 2 aromatic rings.